The van der Waals surface area contributed by atoms with E-state index in [0.29, 0.717) is 19.8 Å². The highest BCUT2D eigenvalue weighted by molar-refractivity contribution is 5.85. The number of amides is 1. The van der Waals surface area contributed by atoms with Gasteiger partial charge in [0.05, 0.1) is 19.3 Å². The van der Waals surface area contributed by atoms with Crippen molar-refractivity contribution in [2.24, 2.45) is 0 Å². The van der Waals surface area contributed by atoms with Crippen molar-refractivity contribution in [1.82, 2.24) is 10.2 Å². The van der Waals surface area contributed by atoms with Crippen molar-refractivity contribution in [2.45, 2.75) is 32.2 Å². The number of carbonyl (C=O) groups is 2. The zero-order chi connectivity index (χ0) is 14.1. The van der Waals surface area contributed by atoms with E-state index in [1.807, 2.05) is 0 Å². The van der Waals surface area contributed by atoms with Crippen LogP contribution in [0.4, 0.5) is 0 Å². The summed E-state index contributed by atoms with van der Waals surface area (Å²) in [4.78, 5) is 25.4. The first-order valence-electron chi connectivity index (χ1n) is 6.85. The third kappa shape index (κ3) is 5.57. The van der Waals surface area contributed by atoms with E-state index in [2.05, 4.69) is 5.32 Å². The Balaban J connectivity index is 2.55. The number of rotatable bonds is 7. The second kappa shape index (κ2) is 8.87. The summed E-state index contributed by atoms with van der Waals surface area (Å²) in [6.45, 7) is 3.75. The van der Waals surface area contributed by atoms with Gasteiger partial charge in [-0.3, -0.25) is 9.59 Å². The molecule has 0 saturated carbocycles. The molecule has 0 aromatic heterocycles. The molecule has 1 rings (SSSR count). The smallest absolute Gasteiger partial charge is 0.325 e. The Labute approximate surface area is 114 Å². The molecule has 19 heavy (non-hydrogen) atoms. The molecular formula is C13H24N2O4. The Morgan fingerprint density at radius 2 is 2.16 bits per heavy atom. The van der Waals surface area contributed by atoms with Crippen LogP contribution in [-0.4, -0.2) is 62.8 Å². The summed E-state index contributed by atoms with van der Waals surface area (Å²) in [7, 11) is 1.58. The van der Waals surface area contributed by atoms with Crippen molar-refractivity contribution < 1.29 is 19.1 Å². The standard InChI is InChI=1S/C13H24N2O4/c1-3-19-12(16)10-15(8-9-18-2)13(17)11-6-4-5-7-14-11/h11,14H,3-10H2,1-2H3. The molecule has 1 amide bonds. The Morgan fingerprint density at radius 3 is 2.74 bits per heavy atom. The first kappa shape index (κ1) is 15.9. The monoisotopic (exact) mass is 272 g/mol. The zero-order valence-corrected chi connectivity index (χ0v) is 11.8. The van der Waals surface area contributed by atoms with Crippen LogP contribution in [0.25, 0.3) is 0 Å². The molecule has 6 heteroatoms. The van der Waals surface area contributed by atoms with E-state index in [-0.39, 0.29) is 24.5 Å². The molecule has 1 fully saturated rings. The van der Waals surface area contributed by atoms with Crippen molar-refractivity contribution in [3.05, 3.63) is 0 Å². The third-order valence-electron chi connectivity index (χ3n) is 3.11. The van der Waals surface area contributed by atoms with Gasteiger partial charge in [0.2, 0.25) is 5.91 Å². The maximum Gasteiger partial charge on any atom is 0.325 e. The van der Waals surface area contributed by atoms with Gasteiger partial charge in [-0.1, -0.05) is 6.42 Å². The number of esters is 1. The van der Waals surface area contributed by atoms with E-state index >= 15 is 0 Å². The van der Waals surface area contributed by atoms with E-state index in [4.69, 9.17) is 9.47 Å². The van der Waals surface area contributed by atoms with Gasteiger partial charge < -0.3 is 19.7 Å². The van der Waals surface area contributed by atoms with Crippen LogP contribution in [0.5, 0.6) is 0 Å². The molecule has 0 aromatic rings. The summed E-state index contributed by atoms with van der Waals surface area (Å²) in [6.07, 6.45) is 2.96. The highest BCUT2D eigenvalue weighted by Crippen LogP contribution is 2.10. The van der Waals surface area contributed by atoms with Crippen molar-refractivity contribution >= 4 is 11.9 Å². The zero-order valence-electron chi connectivity index (χ0n) is 11.8. The van der Waals surface area contributed by atoms with E-state index in [9.17, 15) is 9.59 Å². The predicted molar refractivity (Wildman–Crippen MR) is 70.7 cm³/mol. The lowest BCUT2D eigenvalue weighted by Gasteiger charge is -2.29. The number of carbonyl (C=O) groups excluding carboxylic acids is 2. The van der Waals surface area contributed by atoms with Crippen molar-refractivity contribution in [2.75, 3.05) is 40.0 Å². The van der Waals surface area contributed by atoms with Crippen LogP contribution in [-0.2, 0) is 19.1 Å². The fraction of sp³-hybridized carbons (Fsp3) is 0.846. The molecule has 0 radical (unpaired) electrons. The Bertz CT molecular complexity index is 290. The summed E-state index contributed by atoms with van der Waals surface area (Å²) in [5.74, 6) is -0.410. The predicted octanol–water partition coefficient (Wildman–Crippen LogP) is 0.167. The van der Waals surface area contributed by atoms with Crippen LogP contribution in [0, 0.1) is 0 Å². The first-order chi connectivity index (χ1) is 9.19. The number of nitrogens with zero attached hydrogens (tertiary/aromatic N) is 1. The third-order valence-corrected chi connectivity index (χ3v) is 3.11. The van der Waals surface area contributed by atoms with E-state index in [1.54, 1.807) is 14.0 Å². The van der Waals surface area contributed by atoms with Crippen LogP contribution in [0.2, 0.25) is 0 Å². The van der Waals surface area contributed by atoms with Gasteiger partial charge in [0, 0.05) is 13.7 Å². The number of nitrogens with one attached hydrogen (secondary N) is 1. The SMILES string of the molecule is CCOC(=O)CN(CCOC)C(=O)C1CCCCN1. The average Bonchev–Trinajstić information content (AvgIpc) is 2.44. The summed E-state index contributed by atoms with van der Waals surface area (Å²) in [5.41, 5.74) is 0. The quantitative estimate of drug-likeness (QED) is 0.669. The second-order valence-corrected chi connectivity index (χ2v) is 4.56. The first-order valence-corrected chi connectivity index (χ1v) is 6.85. The second-order valence-electron chi connectivity index (χ2n) is 4.56. The largest absolute Gasteiger partial charge is 0.465 e. The normalized spacial score (nSPS) is 18.9. The molecule has 0 spiro atoms. The number of hydrogen-bond acceptors (Lipinski definition) is 5. The lowest BCUT2D eigenvalue weighted by molar-refractivity contribution is -0.150. The highest BCUT2D eigenvalue weighted by atomic mass is 16.5. The van der Waals surface area contributed by atoms with Gasteiger partial charge in [-0.25, -0.2) is 0 Å². The van der Waals surface area contributed by atoms with Gasteiger partial charge in [-0.05, 0) is 26.3 Å². The molecule has 110 valence electrons. The van der Waals surface area contributed by atoms with Crippen LogP contribution < -0.4 is 5.32 Å². The lowest BCUT2D eigenvalue weighted by atomic mass is 10.0. The number of methoxy groups -OCH3 is 1. The van der Waals surface area contributed by atoms with Gasteiger partial charge in [0.15, 0.2) is 0 Å². The maximum atomic E-state index is 12.3. The number of ether oxygens (including phenoxy) is 2. The molecule has 0 aromatic carbocycles. The van der Waals surface area contributed by atoms with Crippen LogP contribution in [0.3, 0.4) is 0 Å². The van der Waals surface area contributed by atoms with Crippen molar-refractivity contribution in [1.29, 1.82) is 0 Å². The molecule has 1 aliphatic heterocycles. The van der Waals surface area contributed by atoms with Crippen molar-refractivity contribution in [3.63, 3.8) is 0 Å². The van der Waals surface area contributed by atoms with Crippen LogP contribution in [0.15, 0.2) is 0 Å². The van der Waals surface area contributed by atoms with Crippen LogP contribution in [0.1, 0.15) is 26.2 Å². The lowest BCUT2D eigenvalue weighted by Crippen LogP contribution is -2.50. The van der Waals surface area contributed by atoms with Gasteiger partial charge in [-0.2, -0.15) is 0 Å². The van der Waals surface area contributed by atoms with E-state index < -0.39 is 0 Å². The molecule has 1 N–H and O–H groups in total. The Hall–Kier alpha value is -1.14. The summed E-state index contributed by atoms with van der Waals surface area (Å²) >= 11 is 0. The molecule has 1 atom stereocenters. The minimum atomic E-state index is -0.372. The fourth-order valence-corrected chi connectivity index (χ4v) is 2.11. The van der Waals surface area contributed by atoms with E-state index in [1.165, 1.54) is 4.90 Å². The van der Waals surface area contributed by atoms with Gasteiger partial charge >= 0.3 is 5.97 Å². The minimum absolute atomic E-state index is 0.00574. The molecule has 1 heterocycles. The molecule has 1 aliphatic rings. The summed E-state index contributed by atoms with van der Waals surface area (Å²) in [6, 6.07) is -0.181. The molecule has 0 aliphatic carbocycles. The molecular weight excluding hydrogens is 248 g/mol. The maximum absolute atomic E-state index is 12.3. The summed E-state index contributed by atoms with van der Waals surface area (Å²) < 4.78 is 9.88. The van der Waals surface area contributed by atoms with Crippen molar-refractivity contribution in [3.8, 4) is 0 Å². The average molecular weight is 272 g/mol. The summed E-state index contributed by atoms with van der Waals surface area (Å²) in [5, 5.41) is 3.20. The van der Waals surface area contributed by atoms with Gasteiger partial charge in [0.1, 0.15) is 6.54 Å². The Morgan fingerprint density at radius 1 is 1.37 bits per heavy atom. The van der Waals surface area contributed by atoms with E-state index in [0.717, 1.165) is 25.8 Å². The number of piperidine rings is 1. The highest BCUT2D eigenvalue weighted by Gasteiger charge is 2.27. The molecule has 6 nitrogen and oxygen atoms in total. The molecule has 1 saturated heterocycles. The Kier molecular flexibility index (Phi) is 7.43. The van der Waals surface area contributed by atoms with Gasteiger partial charge in [-0.15, -0.1) is 0 Å². The molecule has 1 unspecified atom stereocenters. The fourth-order valence-electron chi connectivity index (χ4n) is 2.11. The number of hydrogen-bond donors (Lipinski definition) is 1. The minimum Gasteiger partial charge on any atom is -0.465 e. The molecule has 0 bridgehead atoms. The van der Waals surface area contributed by atoms with Gasteiger partial charge in [0.25, 0.3) is 0 Å². The topological polar surface area (TPSA) is 67.9 Å². The van der Waals surface area contributed by atoms with Crippen LogP contribution >= 0.6 is 0 Å².